The maximum Gasteiger partial charge on any atom is 0.262 e. The molecule has 2 heterocycles. The summed E-state index contributed by atoms with van der Waals surface area (Å²) < 4.78 is 34.0. The van der Waals surface area contributed by atoms with E-state index in [0.717, 1.165) is 5.56 Å². The second-order valence-corrected chi connectivity index (χ2v) is 7.31. The smallest absolute Gasteiger partial charge is 0.262 e. The molecule has 0 radical (unpaired) electrons. The molecule has 2 aromatic rings. The van der Waals surface area contributed by atoms with Gasteiger partial charge in [0, 0.05) is 26.3 Å². The maximum absolute atomic E-state index is 12.6. The van der Waals surface area contributed by atoms with Gasteiger partial charge in [-0.1, -0.05) is 30.3 Å². The number of morpholine rings is 1. The Bertz CT molecular complexity index is 728. The summed E-state index contributed by atoms with van der Waals surface area (Å²) in [6, 6.07) is 9.95. The third kappa shape index (κ3) is 3.21. The summed E-state index contributed by atoms with van der Waals surface area (Å²) in [6.07, 6.45) is 3.59. The highest BCUT2D eigenvalue weighted by molar-refractivity contribution is 7.89. The van der Waals surface area contributed by atoms with E-state index in [-0.39, 0.29) is 11.1 Å². The van der Waals surface area contributed by atoms with E-state index in [1.54, 1.807) is 11.6 Å². The Morgan fingerprint density at radius 2 is 2.09 bits per heavy atom. The van der Waals surface area contributed by atoms with E-state index < -0.39 is 10.0 Å². The first-order valence-corrected chi connectivity index (χ1v) is 8.63. The highest BCUT2D eigenvalue weighted by atomic mass is 32.2. The topological polar surface area (TPSA) is 64.4 Å². The van der Waals surface area contributed by atoms with Crippen LogP contribution in [-0.4, -0.2) is 48.1 Å². The van der Waals surface area contributed by atoms with Crippen molar-refractivity contribution in [2.45, 2.75) is 17.6 Å². The molecule has 0 N–H and O–H groups in total. The molecule has 1 saturated heterocycles. The first-order valence-electron chi connectivity index (χ1n) is 7.19. The zero-order valence-electron chi connectivity index (χ0n) is 12.4. The molecule has 1 unspecified atom stereocenters. The van der Waals surface area contributed by atoms with Crippen LogP contribution < -0.4 is 0 Å². The lowest BCUT2D eigenvalue weighted by atomic mass is 10.1. The summed E-state index contributed by atoms with van der Waals surface area (Å²) >= 11 is 0. The molecule has 6 nitrogen and oxygen atoms in total. The summed E-state index contributed by atoms with van der Waals surface area (Å²) in [4.78, 5) is 3.96. The third-order valence-electron chi connectivity index (χ3n) is 3.69. The fourth-order valence-electron chi connectivity index (χ4n) is 2.57. The van der Waals surface area contributed by atoms with Crippen LogP contribution in [0.15, 0.2) is 47.9 Å². The molecular formula is C15H19N3O3S. The van der Waals surface area contributed by atoms with E-state index in [2.05, 4.69) is 4.98 Å². The van der Waals surface area contributed by atoms with Gasteiger partial charge in [0.1, 0.15) is 0 Å². The largest absolute Gasteiger partial charge is 0.375 e. The van der Waals surface area contributed by atoms with Crippen molar-refractivity contribution < 1.29 is 13.2 Å². The lowest BCUT2D eigenvalue weighted by Gasteiger charge is -2.31. The van der Waals surface area contributed by atoms with Crippen LogP contribution in [0.4, 0.5) is 0 Å². The first kappa shape index (κ1) is 15.2. The number of sulfonamides is 1. The summed E-state index contributed by atoms with van der Waals surface area (Å²) in [6.45, 7) is 1.13. The van der Waals surface area contributed by atoms with Gasteiger partial charge in [-0.15, -0.1) is 0 Å². The summed E-state index contributed by atoms with van der Waals surface area (Å²) in [7, 11) is -1.79. The van der Waals surface area contributed by atoms with Crippen LogP contribution in [0.2, 0.25) is 0 Å². The van der Waals surface area contributed by atoms with Gasteiger partial charge in [-0.25, -0.2) is 13.4 Å². The molecule has 0 spiro atoms. The minimum absolute atomic E-state index is 0.0929. The molecule has 0 amide bonds. The van der Waals surface area contributed by atoms with Crippen LogP contribution in [-0.2, 0) is 28.2 Å². The highest BCUT2D eigenvalue weighted by Crippen LogP contribution is 2.19. The van der Waals surface area contributed by atoms with Gasteiger partial charge in [0.15, 0.2) is 5.03 Å². The van der Waals surface area contributed by atoms with Gasteiger partial charge in [-0.2, -0.15) is 4.31 Å². The van der Waals surface area contributed by atoms with Gasteiger partial charge >= 0.3 is 0 Å². The van der Waals surface area contributed by atoms with Crippen molar-refractivity contribution in [2.24, 2.45) is 7.05 Å². The third-order valence-corrected chi connectivity index (χ3v) is 5.44. The molecule has 1 fully saturated rings. The molecule has 1 atom stereocenters. The van der Waals surface area contributed by atoms with E-state index in [0.29, 0.717) is 26.1 Å². The molecule has 1 aromatic carbocycles. The summed E-state index contributed by atoms with van der Waals surface area (Å²) in [5, 5.41) is 0.0929. The number of ether oxygens (including phenoxy) is 1. The Kier molecular flexibility index (Phi) is 4.28. The molecular weight excluding hydrogens is 302 g/mol. The van der Waals surface area contributed by atoms with Crippen LogP contribution in [0.3, 0.4) is 0 Å². The zero-order chi connectivity index (χ0) is 15.6. The Labute approximate surface area is 130 Å². The number of benzene rings is 1. The second-order valence-electron chi connectivity index (χ2n) is 5.42. The summed E-state index contributed by atoms with van der Waals surface area (Å²) in [5.41, 5.74) is 1.14. The molecule has 0 bridgehead atoms. The predicted molar refractivity (Wildman–Crippen MR) is 81.9 cm³/mol. The number of hydrogen-bond donors (Lipinski definition) is 0. The van der Waals surface area contributed by atoms with Crippen LogP contribution in [0.5, 0.6) is 0 Å². The van der Waals surface area contributed by atoms with Crippen molar-refractivity contribution in [1.29, 1.82) is 0 Å². The number of rotatable bonds is 4. The van der Waals surface area contributed by atoms with Gasteiger partial charge in [-0.05, 0) is 12.0 Å². The number of nitrogens with zero attached hydrogens (tertiary/aromatic N) is 3. The van der Waals surface area contributed by atoms with E-state index >= 15 is 0 Å². The molecule has 1 aliphatic rings. The van der Waals surface area contributed by atoms with E-state index in [4.69, 9.17) is 4.74 Å². The van der Waals surface area contributed by atoms with Crippen molar-refractivity contribution in [1.82, 2.24) is 13.9 Å². The zero-order valence-corrected chi connectivity index (χ0v) is 13.2. The van der Waals surface area contributed by atoms with Crippen LogP contribution in [0.25, 0.3) is 0 Å². The fraction of sp³-hybridized carbons (Fsp3) is 0.400. The molecule has 1 aromatic heterocycles. The Morgan fingerprint density at radius 1 is 1.32 bits per heavy atom. The molecule has 7 heteroatoms. The van der Waals surface area contributed by atoms with Crippen molar-refractivity contribution >= 4 is 10.0 Å². The lowest BCUT2D eigenvalue weighted by molar-refractivity contribution is -0.000556. The monoisotopic (exact) mass is 321 g/mol. The number of hydrogen-bond acceptors (Lipinski definition) is 4. The SMILES string of the molecule is Cn1cnc(S(=O)(=O)N2CCOC(Cc3ccccc3)C2)c1. The quantitative estimate of drug-likeness (QED) is 0.844. The second kappa shape index (κ2) is 6.20. The summed E-state index contributed by atoms with van der Waals surface area (Å²) in [5.74, 6) is 0. The van der Waals surface area contributed by atoms with Gasteiger partial charge in [-0.3, -0.25) is 0 Å². The van der Waals surface area contributed by atoms with Crippen LogP contribution >= 0.6 is 0 Å². The average Bonchev–Trinajstić information content (AvgIpc) is 2.96. The Hall–Kier alpha value is -1.70. The molecule has 3 rings (SSSR count). The maximum atomic E-state index is 12.6. The minimum atomic E-state index is -3.55. The lowest BCUT2D eigenvalue weighted by Crippen LogP contribution is -2.46. The van der Waals surface area contributed by atoms with Crippen molar-refractivity contribution in [2.75, 3.05) is 19.7 Å². The Morgan fingerprint density at radius 3 is 2.77 bits per heavy atom. The molecule has 0 saturated carbocycles. The molecule has 1 aliphatic heterocycles. The predicted octanol–water partition coefficient (Wildman–Crippen LogP) is 1.05. The van der Waals surface area contributed by atoms with Gasteiger partial charge in [0.05, 0.1) is 19.0 Å². The van der Waals surface area contributed by atoms with Gasteiger partial charge in [0.2, 0.25) is 0 Å². The standard InChI is InChI=1S/C15H19N3O3S/c1-17-11-15(16-12-17)22(19,20)18-7-8-21-14(10-18)9-13-5-3-2-4-6-13/h2-6,11-12,14H,7-10H2,1H3. The van der Waals surface area contributed by atoms with Gasteiger partial charge < -0.3 is 9.30 Å². The highest BCUT2D eigenvalue weighted by Gasteiger charge is 2.32. The van der Waals surface area contributed by atoms with E-state index in [9.17, 15) is 8.42 Å². The first-order chi connectivity index (χ1) is 10.6. The van der Waals surface area contributed by atoms with Gasteiger partial charge in [0.25, 0.3) is 10.0 Å². The van der Waals surface area contributed by atoms with Crippen LogP contribution in [0, 0.1) is 0 Å². The average molecular weight is 321 g/mol. The molecule has 0 aliphatic carbocycles. The van der Waals surface area contributed by atoms with Crippen LogP contribution in [0.1, 0.15) is 5.56 Å². The minimum Gasteiger partial charge on any atom is -0.375 e. The number of aromatic nitrogens is 2. The van der Waals surface area contributed by atoms with E-state index in [1.807, 2.05) is 30.3 Å². The normalized spacial score (nSPS) is 20.1. The van der Waals surface area contributed by atoms with Crippen molar-refractivity contribution in [3.8, 4) is 0 Å². The molecule has 22 heavy (non-hydrogen) atoms. The Balaban J connectivity index is 1.73. The molecule has 118 valence electrons. The van der Waals surface area contributed by atoms with Crippen molar-refractivity contribution in [3.05, 3.63) is 48.4 Å². The number of aryl methyl sites for hydroxylation is 1. The fourth-order valence-corrected chi connectivity index (χ4v) is 3.99. The van der Waals surface area contributed by atoms with E-state index in [1.165, 1.54) is 16.8 Å². The number of imidazole rings is 1. The van der Waals surface area contributed by atoms with Crippen molar-refractivity contribution in [3.63, 3.8) is 0 Å².